The van der Waals surface area contributed by atoms with Gasteiger partial charge in [0.15, 0.2) is 0 Å². The van der Waals surface area contributed by atoms with Crippen LogP contribution in [-0.2, 0) is 10.8 Å². The van der Waals surface area contributed by atoms with Gasteiger partial charge in [-0.15, -0.1) is 0 Å². The fraction of sp³-hybridized carbons (Fsp3) is 0.317. The van der Waals surface area contributed by atoms with Crippen LogP contribution in [0, 0.1) is 5.41 Å². The van der Waals surface area contributed by atoms with Crippen molar-refractivity contribution in [1.82, 2.24) is 0 Å². The Morgan fingerprint density at radius 1 is 0.537 bits per heavy atom. The standard InChI is InChI=1S/C41H44/c1-39(2,3)36-25-32-33-26-37(40(4,5)6)31(28-19-13-10-14-20-28)24-35(33)38(41(7,8)29-21-15-16-22-29)34(32)23-30(36)27-17-11-9-12-18-27/h9-15,17-26,38H,16H2,1-8H3. The lowest BCUT2D eigenvalue weighted by molar-refractivity contribution is 0.403. The Balaban J connectivity index is 1.70. The average Bonchev–Trinajstić information content (AvgIpc) is 3.59. The summed E-state index contributed by atoms with van der Waals surface area (Å²) >= 11 is 0. The highest BCUT2D eigenvalue weighted by Gasteiger charge is 2.43. The molecule has 0 atom stereocenters. The van der Waals surface area contributed by atoms with E-state index in [0.717, 1.165) is 6.42 Å². The smallest absolute Gasteiger partial charge is 0.0194 e. The van der Waals surface area contributed by atoms with E-state index in [9.17, 15) is 0 Å². The topological polar surface area (TPSA) is 0 Å². The summed E-state index contributed by atoms with van der Waals surface area (Å²) in [7, 11) is 0. The van der Waals surface area contributed by atoms with Crippen molar-refractivity contribution < 1.29 is 0 Å². The molecular formula is C41H44. The van der Waals surface area contributed by atoms with E-state index in [1.54, 1.807) is 0 Å². The van der Waals surface area contributed by atoms with E-state index < -0.39 is 0 Å². The Labute approximate surface area is 247 Å². The summed E-state index contributed by atoms with van der Waals surface area (Å²) < 4.78 is 0. The molecule has 208 valence electrons. The summed E-state index contributed by atoms with van der Waals surface area (Å²) in [5.41, 5.74) is 15.3. The summed E-state index contributed by atoms with van der Waals surface area (Å²) in [6.45, 7) is 19.0. The van der Waals surface area contributed by atoms with Crippen LogP contribution in [0.1, 0.15) is 90.0 Å². The van der Waals surface area contributed by atoms with Crippen molar-refractivity contribution in [2.45, 2.75) is 78.6 Å². The van der Waals surface area contributed by atoms with Crippen LogP contribution in [-0.4, -0.2) is 0 Å². The molecule has 0 aliphatic heterocycles. The highest BCUT2D eigenvalue weighted by Crippen LogP contribution is 2.59. The van der Waals surface area contributed by atoms with E-state index in [4.69, 9.17) is 0 Å². The van der Waals surface area contributed by atoms with Crippen molar-refractivity contribution in [1.29, 1.82) is 0 Å². The van der Waals surface area contributed by atoms with E-state index in [2.05, 4.69) is 159 Å². The van der Waals surface area contributed by atoms with E-state index in [1.165, 1.54) is 61.2 Å². The first-order chi connectivity index (χ1) is 19.4. The summed E-state index contributed by atoms with van der Waals surface area (Å²) in [4.78, 5) is 0. The van der Waals surface area contributed by atoms with Crippen molar-refractivity contribution in [3.05, 3.63) is 131 Å². The molecule has 0 bridgehead atoms. The molecule has 2 aliphatic carbocycles. The number of allylic oxidation sites excluding steroid dienone is 4. The second-order valence-electron chi connectivity index (χ2n) is 14.7. The molecule has 4 aromatic rings. The van der Waals surface area contributed by atoms with Crippen LogP contribution in [0.15, 0.2) is 109 Å². The third-order valence-corrected chi connectivity index (χ3v) is 9.31. The second-order valence-corrected chi connectivity index (χ2v) is 14.7. The third kappa shape index (κ3) is 4.72. The molecule has 0 amide bonds. The van der Waals surface area contributed by atoms with Gasteiger partial charge in [0.1, 0.15) is 0 Å². The minimum atomic E-state index is -0.0542. The Bertz CT molecular complexity index is 1560. The summed E-state index contributed by atoms with van der Waals surface area (Å²) in [6, 6.07) is 32.2. The summed E-state index contributed by atoms with van der Waals surface area (Å²) in [5, 5.41) is 0. The molecular weight excluding hydrogens is 492 g/mol. The number of hydrogen-bond acceptors (Lipinski definition) is 0. The van der Waals surface area contributed by atoms with Crippen LogP contribution >= 0.6 is 0 Å². The minimum absolute atomic E-state index is 0.0154. The van der Waals surface area contributed by atoms with Crippen LogP contribution < -0.4 is 0 Å². The first kappa shape index (κ1) is 27.5. The Morgan fingerprint density at radius 3 is 1.34 bits per heavy atom. The Hall–Kier alpha value is -3.64. The number of hydrogen-bond donors (Lipinski definition) is 0. The number of fused-ring (bicyclic) bond motifs is 3. The maximum absolute atomic E-state index is 2.55. The molecule has 0 heteroatoms. The molecule has 2 aliphatic rings. The molecule has 0 fully saturated rings. The van der Waals surface area contributed by atoms with Gasteiger partial charge >= 0.3 is 0 Å². The molecule has 4 aromatic carbocycles. The predicted octanol–water partition coefficient (Wildman–Crippen LogP) is 11.6. The monoisotopic (exact) mass is 536 g/mol. The van der Waals surface area contributed by atoms with Gasteiger partial charge in [0, 0.05) is 11.3 Å². The van der Waals surface area contributed by atoms with E-state index in [0.29, 0.717) is 0 Å². The fourth-order valence-corrected chi connectivity index (χ4v) is 7.18. The summed E-state index contributed by atoms with van der Waals surface area (Å²) in [5.74, 6) is 0.259. The molecule has 0 nitrogen and oxygen atoms in total. The van der Waals surface area contributed by atoms with Gasteiger partial charge in [-0.3, -0.25) is 0 Å². The quantitative estimate of drug-likeness (QED) is 0.243. The van der Waals surface area contributed by atoms with Crippen molar-refractivity contribution in [3.63, 3.8) is 0 Å². The molecule has 0 unspecified atom stereocenters. The molecule has 0 saturated carbocycles. The van der Waals surface area contributed by atoms with Crippen LogP contribution in [0.25, 0.3) is 33.4 Å². The zero-order valence-electron chi connectivity index (χ0n) is 26.1. The van der Waals surface area contributed by atoms with E-state index >= 15 is 0 Å². The zero-order chi connectivity index (χ0) is 29.2. The molecule has 0 saturated heterocycles. The third-order valence-electron chi connectivity index (χ3n) is 9.31. The van der Waals surface area contributed by atoms with Gasteiger partial charge in [-0.1, -0.05) is 134 Å². The van der Waals surface area contributed by atoms with Crippen molar-refractivity contribution in [2.75, 3.05) is 0 Å². The lowest BCUT2D eigenvalue weighted by atomic mass is 9.68. The Kier molecular flexibility index (Phi) is 6.53. The molecule has 0 heterocycles. The van der Waals surface area contributed by atoms with Crippen molar-refractivity contribution >= 4 is 0 Å². The van der Waals surface area contributed by atoms with Gasteiger partial charge in [-0.25, -0.2) is 0 Å². The van der Waals surface area contributed by atoms with Crippen molar-refractivity contribution in [3.8, 4) is 33.4 Å². The Morgan fingerprint density at radius 2 is 0.976 bits per heavy atom. The zero-order valence-corrected chi connectivity index (χ0v) is 26.1. The molecule has 0 N–H and O–H groups in total. The maximum atomic E-state index is 2.55. The van der Waals surface area contributed by atoms with Crippen LogP contribution in [0.5, 0.6) is 0 Å². The van der Waals surface area contributed by atoms with Gasteiger partial charge in [0.25, 0.3) is 0 Å². The maximum Gasteiger partial charge on any atom is 0.0194 e. The molecule has 0 aromatic heterocycles. The van der Waals surface area contributed by atoms with Gasteiger partial charge in [0.2, 0.25) is 0 Å². The lowest BCUT2D eigenvalue weighted by Crippen LogP contribution is -2.24. The summed E-state index contributed by atoms with van der Waals surface area (Å²) in [6.07, 6.45) is 8.13. The lowest BCUT2D eigenvalue weighted by Gasteiger charge is -2.35. The van der Waals surface area contributed by atoms with E-state index in [1.807, 2.05) is 0 Å². The molecule has 41 heavy (non-hydrogen) atoms. The highest BCUT2D eigenvalue weighted by atomic mass is 14.5. The average molecular weight is 537 g/mol. The van der Waals surface area contributed by atoms with Crippen LogP contribution in [0.3, 0.4) is 0 Å². The molecule has 0 spiro atoms. The molecule has 0 radical (unpaired) electrons. The van der Waals surface area contributed by atoms with Crippen LogP contribution in [0.2, 0.25) is 0 Å². The molecule has 6 rings (SSSR count). The second kappa shape index (κ2) is 9.73. The number of rotatable bonds is 4. The normalized spacial score (nSPS) is 15.2. The highest BCUT2D eigenvalue weighted by molar-refractivity contribution is 5.88. The fourth-order valence-electron chi connectivity index (χ4n) is 7.18. The minimum Gasteiger partial charge on any atom is -0.0804 e. The van der Waals surface area contributed by atoms with Crippen LogP contribution in [0.4, 0.5) is 0 Å². The van der Waals surface area contributed by atoms with Crippen molar-refractivity contribution in [2.24, 2.45) is 5.41 Å². The largest absolute Gasteiger partial charge is 0.0804 e. The van der Waals surface area contributed by atoms with Gasteiger partial charge in [-0.2, -0.15) is 0 Å². The van der Waals surface area contributed by atoms with E-state index in [-0.39, 0.29) is 22.2 Å². The predicted molar refractivity (Wildman–Crippen MR) is 178 cm³/mol. The first-order valence-electron chi connectivity index (χ1n) is 15.2. The van der Waals surface area contributed by atoms with Gasteiger partial charge in [-0.05, 0) is 103 Å². The first-order valence-corrected chi connectivity index (χ1v) is 15.2. The van der Waals surface area contributed by atoms with Gasteiger partial charge < -0.3 is 0 Å². The van der Waals surface area contributed by atoms with Gasteiger partial charge in [0.05, 0.1) is 0 Å². The SMILES string of the molecule is CC(C)(C)c1cc2c(cc1-c1ccccc1)C(C(C)(C)C1=CCC=C1)c1cc(-c3ccccc3)c(C(C)(C)C)cc1-2. The number of benzene rings is 4.